The predicted molar refractivity (Wildman–Crippen MR) is 101 cm³/mol. The highest BCUT2D eigenvalue weighted by atomic mass is 16.7. The minimum Gasteiger partial charge on any atom is -0.365 e. The first-order valence-electron chi connectivity index (χ1n) is 10.9. The number of ketones is 1. The summed E-state index contributed by atoms with van der Waals surface area (Å²) in [4.78, 5) is 13.8. The first-order valence-corrected chi connectivity index (χ1v) is 10.9. The number of carbonyl (C=O) groups excluding carboxylic acids is 1. The van der Waals surface area contributed by atoms with Crippen molar-refractivity contribution < 1.29 is 24.1 Å². The maximum absolute atomic E-state index is 13.8. The highest BCUT2D eigenvalue weighted by Gasteiger charge is 2.85. The Kier molecular flexibility index (Phi) is 3.07. The molecule has 4 saturated carbocycles. The minimum atomic E-state index is -1.28. The molecule has 5 heteroatoms. The van der Waals surface area contributed by atoms with Crippen molar-refractivity contribution in [3.63, 3.8) is 0 Å². The first-order chi connectivity index (χ1) is 13.0. The molecule has 4 aliphatic carbocycles. The lowest BCUT2D eigenvalue weighted by molar-refractivity contribution is -0.399. The van der Waals surface area contributed by atoms with E-state index in [1.54, 1.807) is 0 Å². The molecule has 2 spiro atoms. The highest BCUT2D eigenvalue weighted by Crippen LogP contribution is 2.77. The van der Waals surface area contributed by atoms with Crippen LogP contribution < -0.4 is 0 Å². The SMILES string of the molecule is C=C1C(=O)[C@@]23[C@@H]4OC(C)(C)O[C@@H]2C[C@@H]2C(C)(C)CCC[C@]25CO[C@](O)(C[C@@H]14)[C@@H]53. The smallest absolute Gasteiger partial charge is 0.170 e. The van der Waals surface area contributed by atoms with Crippen molar-refractivity contribution in [3.8, 4) is 0 Å². The molecule has 154 valence electrons. The summed E-state index contributed by atoms with van der Waals surface area (Å²) in [5.41, 5.74) is -0.313. The van der Waals surface area contributed by atoms with E-state index in [0.717, 1.165) is 25.7 Å². The fraction of sp³-hybridized carbons (Fsp3) is 0.870. The van der Waals surface area contributed by atoms with Gasteiger partial charge in [-0.15, -0.1) is 0 Å². The second kappa shape index (κ2) is 4.77. The minimum absolute atomic E-state index is 0.0654. The Labute approximate surface area is 166 Å². The summed E-state index contributed by atoms with van der Waals surface area (Å²) in [6.07, 6.45) is 3.99. The van der Waals surface area contributed by atoms with Crippen LogP contribution in [0.25, 0.3) is 0 Å². The zero-order chi connectivity index (χ0) is 19.9. The number of ether oxygens (including phenoxy) is 3. The third-order valence-corrected chi connectivity index (χ3v) is 9.50. The third-order valence-electron chi connectivity index (χ3n) is 9.50. The maximum Gasteiger partial charge on any atom is 0.170 e. The predicted octanol–water partition coefficient (Wildman–Crippen LogP) is 3.20. The first kappa shape index (κ1) is 18.1. The van der Waals surface area contributed by atoms with Gasteiger partial charge in [0, 0.05) is 23.7 Å². The van der Waals surface area contributed by atoms with Gasteiger partial charge in [0.25, 0.3) is 0 Å². The number of carbonyl (C=O) groups is 1. The van der Waals surface area contributed by atoms with E-state index in [1.807, 2.05) is 13.8 Å². The quantitative estimate of drug-likeness (QED) is 0.646. The van der Waals surface area contributed by atoms with E-state index < -0.39 is 17.0 Å². The summed E-state index contributed by atoms with van der Waals surface area (Å²) < 4.78 is 19.2. The summed E-state index contributed by atoms with van der Waals surface area (Å²) in [6.45, 7) is 13.3. The van der Waals surface area contributed by atoms with Crippen LogP contribution in [0.2, 0.25) is 0 Å². The molecule has 2 aliphatic heterocycles. The number of hydrogen-bond acceptors (Lipinski definition) is 5. The van der Waals surface area contributed by atoms with Crippen LogP contribution in [0.15, 0.2) is 12.2 Å². The van der Waals surface area contributed by atoms with Gasteiger partial charge in [0.05, 0.1) is 24.2 Å². The Morgan fingerprint density at radius 2 is 1.89 bits per heavy atom. The molecule has 6 fully saturated rings. The Morgan fingerprint density at radius 1 is 1.14 bits per heavy atom. The Bertz CT molecular complexity index is 801. The van der Waals surface area contributed by atoms with Crippen LogP contribution in [-0.2, 0) is 19.0 Å². The molecule has 1 N–H and O–H groups in total. The number of rotatable bonds is 0. The Hall–Kier alpha value is -0.750. The van der Waals surface area contributed by atoms with E-state index >= 15 is 0 Å². The average molecular weight is 389 g/mol. The molecule has 0 unspecified atom stereocenters. The summed E-state index contributed by atoms with van der Waals surface area (Å²) in [7, 11) is 0. The van der Waals surface area contributed by atoms with Crippen molar-refractivity contribution in [2.24, 2.45) is 34.0 Å². The molecular weight excluding hydrogens is 356 g/mol. The molecular formula is C23H32O5. The molecule has 0 amide bonds. The number of hydrogen-bond donors (Lipinski definition) is 1. The molecule has 5 nitrogen and oxygen atoms in total. The van der Waals surface area contributed by atoms with Crippen molar-refractivity contribution in [1.29, 1.82) is 0 Å². The lowest BCUT2D eigenvalue weighted by Gasteiger charge is -2.68. The van der Waals surface area contributed by atoms with Crippen LogP contribution in [0.5, 0.6) is 0 Å². The summed E-state index contributed by atoms with van der Waals surface area (Å²) >= 11 is 0. The van der Waals surface area contributed by atoms with Crippen molar-refractivity contribution >= 4 is 5.78 Å². The van der Waals surface area contributed by atoms with Gasteiger partial charge < -0.3 is 19.3 Å². The molecule has 0 radical (unpaired) electrons. The van der Waals surface area contributed by atoms with Gasteiger partial charge in [-0.1, -0.05) is 26.8 Å². The maximum atomic E-state index is 13.8. The van der Waals surface area contributed by atoms with E-state index in [9.17, 15) is 9.90 Å². The Morgan fingerprint density at radius 3 is 2.64 bits per heavy atom. The van der Waals surface area contributed by atoms with E-state index in [0.29, 0.717) is 24.5 Å². The van der Waals surface area contributed by atoms with Crippen LogP contribution in [0.4, 0.5) is 0 Å². The molecule has 6 aliphatic rings. The summed E-state index contributed by atoms with van der Waals surface area (Å²) in [5.74, 6) is -2.07. The number of aliphatic hydroxyl groups is 1. The van der Waals surface area contributed by atoms with Gasteiger partial charge in [-0.3, -0.25) is 4.79 Å². The van der Waals surface area contributed by atoms with E-state index in [4.69, 9.17) is 14.2 Å². The zero-order valence-corrected chi connectivity index (χ0v) is 17.4. The zero-order valence-electron chi connectivity index (χ0n) is 17.4. The fourth-order valence-corrected chi connectivity index (χ4v) is 8.83. The highest BCUT2D eigenvalue weighted by molar-refractivity contribution is 6.05. The lowest BCUT2D eigenvalue weighted by atomic mass is 9.39. The Balaban J connectivity index is 1.63. The molecule has 28 heavy (non-hydrogen) atoms. The van der Waals surface area contributed by atoms with E-state index in [1.165, 1.54) is 0 Å². The monoisotopic (exact) mass is 388 g/mol. The van der Waals surface area contributed by atoms with Gasteiger partial charge >= 0.3 is 0 Å². The van der Waals surface area contributed by atoms with Crippen LogP contribution >= 0.6 is 0 Å². The summed E-state index contributed by atoms with van der Waals surface area (Å²) in [6, 6.07) is 0. The lowest BCUT2D eigenvalue weighted by Crippen LogP contribution is -2.75. The van der Waals surface area contributed by atoms with Crippen molar-refractivity contribution in [2.45, 2.75) is 83.6 Å². The largest absolute Gasteiger partial charge is 0.365 e. The summed E-state index contributed by atoms with van der Waals surface area (Å²) in [5, 5.41) is 11.8. The molecule has 0 aromatic heterocycles. The van der Waals surface area contributed by atoms with Gasteiger partial charge in [0.1, 0.15) is 0 Å². The second-order valence-electron chi connectivity index (χ2n) is 11.6. The molecule has 2 heterocycles. The molecule has 6 rings (SSSR count). The van der Waals surface area contributed by atoms with Crippen LogP contribution in [-0.4, -0.2) is 41.3 Å². The third kappa shape index (κ3) is 1.71. The average Bonchev–Trinajstić information content (AvgIpc) is 2.96. The van der Waals surface area contributed by atoms with Gasteiger partial charge in [-0.25, -0.2) is 0 Å². The van der Waals surface area contributed by atoms with Gasteiger partial charge in [-0.2, -0.15) is 0 Å². The van der Waals surface area contributed by atoms with Crippen LogP contribution in [0, 0.1) is 34.0 Å². The van der Waals surface area contributed by atoms with E-state index in [-0.39, 0.29) is 40.7 Å². The van der Waals surface area contributed by atoms with Gasteiger partial charge in [0.2, 0.25) is 0 Å². The molecule has 2 bridgehead atoms. The van der Waals surface area contributed by atoms with Crippen molar-refractivity contribution in [2.75, 3.05) is 6.61 Å². The molecule has 0 aromatic carbocycles. The van der Waals surface area contributed by atoms with Crippen molar-refractivity contribution in [3.05, 3.63) is 12.2 Å². The van der Waals surface area contributed by atoms with Crippen LogP contribution in [0.3, 0.4) is 0 Å². The second-order valence-corrected chi connectivity index (χ2v) is 11.6. The topological polar surface area (TPSA) is 65.0 Å². The molecule has 8 atom stereocenters. The van der Waals surface area contributed by atoms with Gasteiger partial charge in [-0.05, 0) is 50.0 Å². The van der Waals surface area contributed by atoms with Gasteiger partial charge in [0.15, 0.2) is 17.4 Å². The van der Waals surface area contributed by atoms with E-state index in [2.05, 4.69) is 20.4 Å². The molecule has 0 aromatic rings. The normalized spacial score (nSPS) is 57.7. The van der Waals surface area contributed by atoms with Crippen LogP contribution in [0.1, 0.15) is 59.8 Å². The molecule has 2 saturated heterocycles. The number of Topliss-reactive ketones (excluding diaryl/α,β-unsaturated/α-hetero) is 1. The standard InChI is InChI=1S/C23H32O5/c1-12-13-10-22(25)18-21(11-26-22)8-6-7-19(2,3)14(21)9-15-23(18,16(12)24)17(13)28-20(4,5)27-15/h13-15,17-18,25H,1,6-11H2,2-5H3/t13-,14+,15+,17+,18+,21-,22+,23+/m0/s1. The van der Waals surface area contributed by atoms with Crippen molar-refractivity contribution in [1.82, 2.24) is 0 Å². The fourth-order valence-electron chi connectivity index (χ4n) is 8.83.